The molecular weight excluding hydrogens is 413 g/mol. The third kappa shape index (κ3) is 4.18. The Morgan fingerprint density at radius 3 is 2.52 bits per heavy atom. The van der Waals surface area contributed by atoms with E-state index in [4.69, 9.17) is 16.3 Å². The summed E-state index contributed by atoms with van der Waals surface area (Å²) < 4.78 is 51.7. The van der Waals surface area contributed by atoms with Gasteiger partial charge < -0.3 is 14.4 Å². The zero-order chi connectivity index (χ0) is 21.2. The van der Waals surface area contributed by atoms with Crippen molar-refractivity contribution in [2.45, 2.75) is 38.1 Å². The number of aliphatic hydroxyl groups is 1. The molecule has 1 aromatic carbocycles. The zero-order valence-electron chi connectivity index (χ0n) is 15.3. The van der Waals surface area contributed by atoms with E-state index in [-0.39, 0.29) is 17.2 Å². The van der Waals surface area contributed by atoms with E-state index in [2.05, 4.69) is 24.6 Å². The van der Waals surface area contributed by atoms with Crippen molar-refractivity contribution in [1.82, 2.24) is 20.1 Å². The molecule has 0 saturated heterocycles. The summed E-state index contributed by atoms with van der Waals surface area (Å²) in [6.07, 6.45) is -1.80. The first-order valence-electron chi connectivity index (χ1n) is 8.38. The van der Waals surface area contributed by atoms with Crippen LogP contribution in [0.25, 0.3) is 0 Å². The number of ether oxygens (including phenoxy) is 1. The highest BCUT2D eigenvalue weighted by Crippen LogP contribution is 2.49. The van der Waals surface area contributed by atoms with E-state index in [1.54, 1.807) is 6.92 Å². The van der Waals surface area contributed by atoms with Crippen LogP contribution in [0.5, 0.6) is 5.75 Å². The highest BCUT2D eigenvalue weighted by molar-refractivity contribution is 6.31. The van der Waals surface area contributed by atoms with Crippen molar-refractivity contribution in [1.29, 1.82) is 0 Å². The van der Waals surface area contributed by atoms with Crippen molar-refractivity contribution in [3.05, 3.63) is 64.8 Å². The Labute approximate surface area is 168 Å². The van der Waals surface area contributed by atoms with Gasteiger partial charge in [0, 0.05) is 17.1 Å². The molecule has 3 rings (SSSR count). The molecule has 2 aromatic heterocycles. The molecule has 0 aliphatic rings. The van der Waals surface area contributed by atoms with Gasteiger partial charge in [-0.2, -0.15) is 18.2 Å². The summed E-state index contributed by atoms with van der Waals surface area (Å²) in [5.74, 6) is -0.886. The van der Waals surface area contributed by atoms with Gasteiger partial charge in [-0.05, 0) is 24.6 Å². The Kier molecular flexibility index (Phi) is 5.76. The van der Waals surface area contributed by atoms with Crippen LogP contribution in [0.2, 0.25) is 5.02 Å². The number of halogens is 4. The molecular formula is C18H16ClF3N4O3. The number of nitrogens with zero attached hydrogens (tertiary/aromatic N) is 4. The minimum Gasteiger partial charge on any atom is -0.485 e. The fourth-order valence-electron chi connectivity index (χ4n) is 2.78. The third-order valence-electron chi connectivity index (χ3n) is 4.44. The second kappa shape index (κ2) is 7.96. The number of aromatic nitrogens is 4. The molecule has 0 amide bonds. The topological polar surface area (TPSA) is 94.2 Å². The lowest BCUT2D eigenvalue weighted by atomic mass is 9.80. The van der Waals surface area contributed by atoms with Crippen LogP contribution >= 0.6 is 11.6 Å². The Bertz CT molecular complexity index is 967. The molecule has 2 atom stereocenters. The molecule has 2 heterocycles. The summed E-state index contributed by atoms with van der Waals surface area (Å²) in [6, 6.07) is 4.15. The summed E-state index contributed by atoms with van der Waals surface area (Å²) >= 11 is 6.21. The van der Waals surface area contributed by atoms with E-state index in [0.717, 1.165) is 18.8 Å². The molecule has 7 nitrogen and oxygen atoms in total. The van der Waals surface area contributed by atoms with Crippen LogP contribution in [0, 0.1) is 6.92 Å². The standard InChI is InChI=1S/C18H16ClF3N4O3/c1-10-6-24-15(7-23-10)17(27,18(20,21)22)11(2)13-4-3-12(5-14(13)19)28-8-16-25-9-29-26-16/h3-7,9,11,27H,8H2,1-2H3. The van der Waals surface area contributed by atoms with Crippen LogP contribution in [0.4, 0.5) is 13.2 Å². The van der Waals surface area contributed by atoms with E-state index in [1.807, 2.05) is 0 Å². The van der Waals surface area contributed by atoms with Crippen LogP contribution in [0.3, 0.4) is 0 Å². The number of aryl methyl sites for hydroxylation is 1. The van der Waals surface area contributed by atoms with Crippen molar-refractivity contribution in [2.24, 2.45) is 0 Å². The van der Waals surface area contributed by atoms with Gasteiger partial charge in [0.25, 0.3) is 0 Å². The highest BCUT2D eigenvalue weighted by atomic mass is 35.5. The molecule has 2 unspecified atom stereocenters. The summed E-state index contributed by atoms with van der Waals surface area (Å²) in [5, 5.41) is 14.3. The Morgan fingerprint density at radius 1 is 1.21 bits per heavy atom. The van der Waals surface area contributed by atoms with Gasteiger partial charge in [-0.25, -0.2) is 0 Å². The molecule has 1 N–H and O–H groups in total. The first-order valence-corrected chi connectivity index (χ1v) is 8.76. The van der Waals surface area contributed by atoms with E-state index < -0.39 is 23.4 Å². The van der Waals surface area contributed by atoms with Gasteiger partial charge in [0.1, 0.15) is 11.4 Å². The average Bonchev–Trinajstić information content (AvgIpc) is 3.18. The lowest BCUT2D eigenvalue weighted by Gasteiger charge is -2.35. The molecule has 0 fully saturated rings. The van der Waals surface area contributed by atoms with Crippen LogP contribution in [-0.4, -0.2) is 31.4 Å². The molecule has 0 bridgehead atoms. The van der Waals surface area contributed by atoms with Gasteiger partial charge in [-0.3, -0.25) is 9.97 Å². The molecule has 29 heavy (non-hydrogen) atoms. The van der Waals surface area contributed by atoms with Gasteiger partial charge in [0.05, 0.1) is 11.9 Å². The smallest absolute Gasteiger partial charge is 0.423 e. The number of hydrogen-bond donors (Lipinski definition) is 1. The first kappa shape index (κ1) is 21.0. The van der Waals surface area contributed by atoms with Crippen molar-refractivity contribution in [3.8, 4) is 5.75 Å². The summed E-state index contributed by atoms with van der Waals surface area (Å²) in [5.41, 5.74) is -3.41. The van der Waals surface area contributed by atoms with Gasteiger partial charge in [0.2, 0.25) is 17.8 Å². The lowest BCUT2D eigenvalue weighted by Crippen LogP contribution is -2.47. The Hall–Kier alpha value is -2.72. The monoisotopic (exact) mass is 428 g/mol. The van der Waals surface area contributed by atoms with Gasteiger partial charge in [-0.1, -0.05) is 29.7 Å². The van der Waals surface area contributed by atoms with Crippen LogP contribution < -0.4 is 4.74 Å². The number of hydrogen-bond acceptors (Lipinski definition) is 7. The lowest BCUT2D eigenvalue weighted by molar-refractivity contribution is -0.276. The maximum atomic E-state index is 13.9. The second-order valence-corrected chi connectivity index (χ2v) is 6.76. The molecule has 154 valence electrons. The van der Waals surface area contributed by atoms with Crippen molar-refractivity contribution < 1.29 is 27.5 Å². The Balaban J connectivity index is 1.91. The average molecular weight is 429 g/mol. The summed E-state index contributed by atoms with van der Waals surface area (Å²) in [7, 11) is 0. The number of alkyl halides is 3. The van der Waals surface area contributed by atoms with Crippen LogP contribution in [0.15, 0.2) is 41.5 Å². The largest absolute Gasteiger partial charge is 0.485 e. The quantitative estimate of drug-likeness (QED) is 0.635. The van der Waals surface area contributed by atoms with Crippen LogP contribution in [0.1, 0.15) is 35.6 Å². The van der Waals surface area contributed by atoms with E-state index in [1.165, 1.54) is 25.1 Å². The van der Waals surface area contributed by atoms with Crippen molar-refractivity contribution in [2.75, 3.05) is 0 Å². The fourth-order valence-corrected chi connectivity index (χ4v) is 3.11. The zero-order valence-corrected chi connectivity index (χ0v) is 16.1. The van der Waals surface area contributed by atoms with E-state index >= 15 is 0 Å². The van der Waals surface area contributed by atoms with Gasteiger partial charge in [0.15, 0.2) is 6.61 Å². The third-order valence-corrected chi connectivity index (χ3v) is 4.77. The predicted octanol–water partition coefficient (Wildman–Crippen LogP) is 3.95. The first-order chi connectivity index (χ1) is 13.6. The Morgan fingerprint density at radius 2 is 1.97 bits per heavy atom. The number of rotatable bonds is 6. The van der Waals surface area contributed by atoms with Crippen molar-refractivity contribution in [3.63, 3.8) is 0 Å². The molecule has 0 saturated carbocycles. The van der Waals surface area contributed by atoms with Gasteiger partial charge in [-0.15, -0.1) is 0 Å². The number of benzene rings is 1. The highest BCUT2D eigenvalue weighted by Gasteiger charge is 2.60. The second-order valence-electron chi connectivity index (χ2n) is 6.35. The molecule has 0 aliphatic carbocycles. The van der Waals surface area contributed by atoms with E-state index in [0.29, 0.717) is 17.3 Å². The fraction of sp³-hybridized carbons (Fsp3) is 0.333. The summed E-state index contributed by atoms with van der Waals surface area (Å²) in [4.78, 5) is 11.4. The molecule has 0 radical (unpaired) electrons. The molecule has 3 aromatic rings. The predicted molar refractivity (Wildman–Crippen MR) is 95.2 cm³/mol. The van der Waals surface area contributed by atoms with E-state index in [9.17, 15) is 18.3 Å². The maximum absolute atomic E-state index is 13.9. The minimum atomic E-state index is -5.02. The molecule has 11 heteroatoms. The molecule has 0 spiro atoms. The SMILES string of the molecule is Cc1cnc(C(O)(C(C)c2ccc(OCc3ncon3)cc2Cl)C(F)(F)F)cn1. The van der Waals surface area contributed by atoms with Crippen molar-refractivity contribution >= 4 is 11.6 Å². The van der Waals surface area contributed by atoms with Crippen LogP contribution in [-0.2, 0) is 12.2 Å². The van der Waals surface area contributed by atoms with Gasteiger partial charge >= 0.3 is 6.18 Å². The molecule has 0 aliphatic heterocycles. The minimum absolute atomic E-state index is 0.00677. The normalized spacial score (nSPS) is 15.0. The maximum Gasteiger partial charge on any atom is 0.423 e. The summed E-state index contributed by atoms with van der Waals surface area (Å²) in [6.45, 7) is 2.79.